The molecular formula is C21H21F2N7. The van der Waals surface area contributed by atoms with Crippen molar-refractivity contribution < 1.29 is 8.78 Å². The summed E-state index contributed by atoms with van der Waals surface area (Å²) in [6.07, 6.45) is 11.8. The molecule has 0 aliphatic heterocycles. The molecule has 7 nitrogen and oxygen atoms in total. The molecule has 0 bridgehead atoms. The highest BCUT2D eigenvalue weighted by molar-refractivity contribution is 5.79. The molecule has 9 heteroatoms. The van der Waals surface area contributed by atoms with E-state index in [1.807, 2.05) is 35.3 Å². The van der Waals surface area contributed by atoms with Crippen LogP contribution in [0.5, 0.6) is 0 Å². The number of rotatable bonds is 4. The Labute approximate surface area is 171 Å². The molecule has 2 fully saturated rings. The number of nitrogens with zero attached hydrogens (tertiary/aromatic N) is 6. The van der Waals surface area contributed by atoms with E-state index in [0.29, 0.717) is 11.7 Å². The molecule has 0 saturated heterocycles. The first kappa shape index (κ1) is 17.7. The van der Waals surface area contributed by atoms with Crippen LogP contribution in [0.25, 0.3) is 22.4 Å². The number of alkyl halides is 2. The summed E-state index contributed by atoms with van der Waals surface area (Å²) in [5.41, 5.74) is 3.78. The summed E-state index contributed by atoms with van der Waals surface area (Å²) in [6, 6.07) is 2.16. The molecule has 154 valence electrons. The molecule has 2 aliphatic rings. The highest BCUT2D eigenvalue weighted by atomic mass is 19.3. The van der Waals surface area contributed by atoms with Crippen molar-refractivity contribution in [1.82, 2.24) is 29.0 Å². The van der Waals surface area contributed by atoms with Crippen molar-refractivity contribution in [2.24, 2.45) is 5.41 Å². The van der Waals surface area contributed by atoms with Gasteiger partial charge in [-0.3, -0.25) is 4.40 Å². The van der Waals surface area contributed by atoms with Crippen molar-refractivity contribution in [3.63, 3.8) is 0 Å². The summed E-state index contributed by atoms with van der Waals surface area (Å²) in [5, 5.41) is 7.85. The predicted molar refractivity (Wildman–Crippen MR) is 108 cm³/mol. The lowest BCUT2D eigenvalue weighted by atomic mass is 9.52. The predicted octanol–water partition coefficient (Wildman–Crippen LogP) is 3.99. The van der Waals surface area contributed by atoms with E-state index >= 15 is 0 Å². The van der Waals surface area contributed by atoms with Crippen molar-refractivity contribution in [2.45, 2.75) is 51.0 Å². The van der Waals surface area contributed by atoms with Gasteiger partial charge < -0.3 is 5.32 Å². The van der Waals surface area contributed by atoms with Gasteiger partial charge in [-0.15, -0.1) is 5.10 Å². The Morgan fingerprint density at radius 2 is 1.93 bits per heavy atom. The fourth-order valence-corrected chi connectivity index (χ4v) is 5.14. The number of aryl methyl sites for hydroxylation is 1. The molecule has 0 atom stereocenters. The van der Waals surface area contributed by atoms with E-state index in [-0.39, 0.29) is 24.3 Å². The lowest BCUT2D eigenvalue weighted by Gasteiger charge is -2.57. The maximum Gasteiger partial charge on any atom is 0.249 e. The fraction of sp³-hybridized carbons (Fsp3) is 0.429. The van der Waals surface area contributed by atoms with Crippen LogP contribution in [0.4, 0.5) is 14.7 Å². The number of anilines is 1. The summed E-state index contributed by atoms with van der Waals surface area (Å²) in [6.45, 7) is 2.09. The number of hydrogen-bond acceptors (Lipinski definition) is 5. The number of halogens is 2. The summed E-state index contributed by atoms with van der Waals surface area (Å²) in [4.78, 5) is 13.3. The first-order chi connectivity index (χ1) is 14.4. The minimum absolute atomic E-state index is 0.0219. The Bertz CT molecular complexity index is 1260. The first-order valence-corrected chi connectivity index (χ1v) is 10.2. The van der Waals surface area contributed by atoms with Crippen LogP contribution >= 0.6 is 0 Å². The van der Waals surface area contributed by atoms with Gasteiger partial charge >= 0.3 is 0 Å². The Morgan fingerprint density at radius 1 is 1.13 bits per heavy atom. The second-order valence-corrected chi connectivity index (χ2v) is 8.72. The van der Waals surface area contributed by atoms with Gasteiger partial charge in [0.25, 0.3) is 0 Å². The van der Waals surface area contributed by atoms with Gasteiger partial charge in [0.1, 0.15) is 0 Å². The molecule has 6 rings (SSSR count). The Hall–Kier alpha value is -3.10. The van der Waals surface area contributed by atoms with Crippen molar-refractivity contribution in [3.8, 4) is 11.1 Å². The van der Waals surface area contributed by atoms with E-state index in [0.717, 1.165) is 41.6 Å². The van der Waals surface area contributed by atoms with Gasteiger partial charge in [0.05, 0.1) is 17.9 Å². The van der Waals surface area contributed by atoms with Crippen LogP contribution in [0.2, 0.25) is 0 Å². The third kappa shape index (κ3) is 2.68. The topological polar surface area (TPSA) is 72.4 Å². The van der Waals surface area contributed by atoms with E-state index in [9.17, 15) is 8.78 Å². The molecule has 1 spiro atoms. The lowest BCUT2D eigenvalue weighted by molar-refractivity contribution is -0.193. The van der Waals surface area contributed by atoms with E-state index in [1.54, 1.807) is 10.7 Å². The zero-order chi connectivity index (χ0) is 20.5. The smallest absolute Gasteiger partial charge is 0.249 e. The molecule has 2 aliphatic carbocycles. The van der Waals surface area contributed by atoms with Crippen molar-refractivity contribution in [3.05, 3.63) is 42.7 Å². The molecule has 1 N–H and O–H groups in total. The maximum absolute atomic E-state index is 13.2. The number of hydrogen-bond donors (Lipinski definition) is 1. The standard InChI is InChI=1S/C21H21F2N7/c1-2-15-8-26-19-25-7-13(10-29(15)19)16-3-4-30-17(16)9-24-18(28-30)27-14-5-20(6-14)11-21(22,23)12-20/h3-4,7-10,14H,2,5-6,11-12H2,1H3,(H,27,28). The van der Waals surface area contributed by atoms with Gasteiger partial charge in [-0.2, -0.15) is 0 Å². The molecule has 4 aromatic heterocycles. The summed E-state index contributed by atoms with van der Waals surface area (Å²) < 4.78 is 30.1. The molecule has 4 heterocycles. The highest BCUT2D eigenvalue weighted by Gasteiger charge is 2.61. The largest absolute Gasteiger partial charge is 0.350 e. The van der Waals surface area contributed by atoms with E-state index < -0.39 is 5.92 Å². The molecule has 2 saturated carbocycles. The van der Waals surface area contributed by atoms with Crippen molar-refractivity contribution in [1.29, 1.82) is 0 Å². The van der Waals surface area contributed by atoms with Gasteiger partial charge in [-0.25, -0.2) is 28.2 Å². The Morgan fingerprint density at radius 3 is 2.70 bits per heavy atom. The van der Waals surface area contributed by atoms with Gasteiger partial charge in [0.2, 0.25) is 17.6 Å². The zero-order valence-electron chi connectivity index (χ0n) is 16.5. The monoisotopic (exact) mass is 409 g/mol. The average Bonchev–Trinajstić information content (AvgIpc) is 3.28. The quantitative estimate of drug-likeness (QED) is 0.552. The summed E-state index contributed by atoms with van der Waals surface area (Å²) in [7, 11) is 0. The third-order valence-electron chi connectivity index (χ3n) is 6.49. The average molecular weight is 409 g/mol. The van der Waals surface area contributed by atoms with Crippen LogP contribution in [-0.2, 0) is 6.42 Å². The Balaban J connectivity index is 1.23. The van der Waals surface area contributed by atoms with Crippen LogP contribution in [0.3, 0.4) is 0 Å². The molecule has 0 aromatic carbocycles. The van der Waals surface area contributed by atoms with Crippen molar-refractivity contribution >= 4 is 17.2 Å². The van der Waals surface area contributed by atoms with Crippen LogP contribution in [0.15, 0.2) is 37.1 Å². The normalized spacial score (nSPS) is 19.8. The minimum Gasteiger partial charge on any atom is -0.350 e. The molecule has 0 radical (unpaired) electrons. The zero-order valence-corrected chi connectivity index (χ0v) is 16.5. The van der Waals surface area contributed by atoms with E-state index in [4.69, 9.17) is 0 Å². The van der Waals surface area contributed by atoms with Gasteiger partial charge in [0, 0.05) is 54.3 Å². The van der Waals surface area contributed by atoms with Crippen LogP contribution in [0.1, 0.15) is 38.3 Å². The molecule has 4 aromatic rings. The molecular weight excluding hydrogens is 388 g/mol. The van der Waals surface area contributed by atoms with Gasteiger partial charge in [-0.05, 0) is 30.7 Å². The SMILES string of the molecule is CCc1cnc2ncc(-c3ccn4nc(NC5CC6(C5)CC(F)(F)C6)ncc34)cn12. The van der Waals surface area contributed by atoms with Crippen LogP contribution < -0.4 is 5.32 Å². The number of aromatic nitrogens is 6. The maximum atomic E-state index is 13.2. The summed E-state index contributed by atoms with van der Waals surface area (Å²) in [5.74, 6) is -1.26. The second kappa shape index (κ2) is 5.96. The number of nitrogens with one attached hydrogen (secondary N) is 1. The lowest BCUT2D eigenvalue weighted by Crippen LogP contribution is -2.57. The van der Waals surface area contributed by atoms with Gasteiger partial charge in [-0.1, -0.05) is 6.92 Å². The molecule has 0 amide bonds. The fourth-order valence-electron chi connectivity index (χ4n) is 5.14. The van der Waals surface area contributed by atoms with E-state index in [2.05, 4.69) is 32.3 Å². The van der Waals surface area contributed by atoms with E-state index in [1.165, 1.54) is 0 Å². The second-order valence-electron chi connectivity index (χ2n) is 8.72. The van der Waals surface area contributed by atoms with Crippen LogP contribution in [0, 0.1) is 5.41 Å². The van der Waals surface area contributed by atoms with Crippen molar-refractivity contribution in [2.75, 3.05) is 5.32 Å². The number of imidazole rings is 1. The number of fused-ring (bicyclic) bond motifs is 2. The van der Waals surface area contributed by atoms with Crippen LogP contribution in [-0.4, -0.2) is 40.9 Å². The summed E-state index contributed by atoms with van der Waals surface area (Å²) >= 11 is 0. The molecule has 0 unspecified atom stereocenters. The first-order valence-electron chi connectivity index (χ1n) is 10.2. The minimum atomic E-state index is -2.46. The molecule has 30 heavy (non-hydrogen) atoms. The highest BCUT2D eigenvalue weighted by Crippen LogP contribution is 2.62. The van der Waals surface area contributed by atoms with Gasteiger partial charge in [0.15, 0.2) is 0 Å². The Kier molecular flexibility index (Phi) is 3.52. The third-order valence-corrected chi connectivity index (χ3v) is 6.49.